The topological polar surface area (TPSA) is 49.4 Å². The summed E-state index contributed by atoms with van der Waals surface area (Å²) < 4.78 is 37.6. The van der Waals surface area contributed by atoms with Crippen LogP contribution in [-0.4, -0.2) is 29.8 Å². The summed E-state index contributed by atoms with van der Waals surface area (Å²) in [4.78, 5) is 25.0. The van der Waals surface area contributed by atoms with Crippen LogP contribution in [0.5, 0.6) is 0 Å². The van der Waals surface area contributed by atoms with Crippen molar-refractivity contribution in [1.29, 1.82) is 0 Å². The van der Waals surface area contributed by atoms with Gasteiger partial charge >= 0.3 is 6.18 Å². The molecule has 1 saturated heterocycles. The third-order valence-corrected chi connectivity index (χ3v) is 3.24. The molecule has 0 unspecified atom stereocenters. The lowest BCUT2D eigenvalue weighted by atomic mass is 10.2. The van der Waals surface area contributed by atoms with Gasteiger partial charge in [-0.1, -0.05) is 6.07 Å². The number of carbonyl (C=O) groups excluding carboxylic acids is 2. The summed E-state index contributed by atoms with van der Waals surface area (Å²) in [5.41, 5.74) is -0.810. The highest BCUT2D eigenvalue weighted by molar-refractivity contribution is 6.03. The van der Waals surface area contributed by atoms with Crippen LogP contribution in [0.15, 0.2) is 24.3 Å². The first kappa shape index (κ1) is 15.3. The number of amides is 2. The highest BCUT2D eigenvalue weighted by Gasteiger charge is 2.30. The SMILES string of the molecule is O=C(CC(=O)N1CCCC1)Nc1cccc(C(F)(F)F)c1. The van der Waals surface area contributed by atoms with E-state index in [9.17, 15) is 22.8 Å². The van der Waals surface area contributed by atoms with Crippen LogP contribution in [0.2, 0.25) is 0 Å². The van der Waals surface area contributed by atoms with Gasteiger partial charge in [-0.25, -0.2) is 0 Å². The standard InChI is InChI=1S/C14H15F3N2O2/c15-14(16,17)10-4-3-5-11(8-10)18-12(20)9-13(21)19-6-1-2-7-19/h3-5,8H,1-2,6-7,9H2,(H,18,20). The molecule has 1 aliphatic heterocycles. The minimum atomic E-state index is -4.47. The molecule has 1 aromatic rings. The lowest BCUT2D eigenvalue weighted by molar-refractivity contribution is -0.138. The number of rotatable bonds is 3. The average molecular weight is 300 g/mol. The molecule has 1 fully saturated rings. The van der Waals surface area contributed by atoms with Crippen molar-refractivity contribution in [2.24, 2.45) is 0 Å². The van der Waals surface area contributed by atoms with Crippen LogP contribution in [0.1, 0.15) is 24.8 Å². The molecule has 2 rings (SSSR count). The fourth-order valence-electron chi connectivity index (χ4n) is 2.19. The number of carbonyl (C=O) groups is 2. The molecular formula is C14H15F3N2O2. The molecule has 0 aromatic heterocycles. The Morgan fingerprint density at radius 3 is 2.48 bits per heavy atom. The zero-order valence-corrected chi connectivity index (χ0v) is 11.2. The minimum Gasteiger partial charge on any atom is -0.342 e. The largest absolute Gasteiger partial charge is 0.416 e. The van der Waals surface area contributed by atoms with E-state index in [2.05, 4.69) is 5.32 Å². The first-order chi connectivity index (χ1) is 9.86. The first-order valence-electron chi connectivity index (χ1n) is 6.61. The molecule has 0 atom stereocenters. The summed E-state index contributed by atoms with van der Waals surface area (Å²) in [6.45, 7) is 1.27. The lowest BCUT2D eigenvalue weighted by Crippen LogP contribution is -2.31. The van der Waals surface area contributed by atoms with Crippen LogP contribution in [0, 0.1) is 0 Å². The van der Waals surface area contributed by atoms with E-state index < -0.39 is 17.6 Å². The van der Waals surface area contributed by atoms with E-state index >= 15 is 0 Å². The molecule has 21 heavy (non-hydrogen) atoms. The van der Waals surface area contributed by atoms with Crippen LogP contribution in [0.25, 0.3) is 0 Å². The van der Waals surface area contributed by atoms with Crippen LogP contribution in [0.4, 0.5) is 18.9 Å². The molecule has 4 nitrogen and oxygen atoms in total. The van der Waals surface area contributed by atoms with Crippen molar-refractivity contribution in [3.8, 4) is 0 Å². The number of anilines is 1. The third-order valence-electron chi connectivity index (χ3n) is 3.24. The Bertz CT molecular complexity index is 537. The molecule has 0 saturated carbocycles. The quantitative estimate of drug-likeness (QED) is 0.873. The van der Waals surface area contributed by atoms with Crippen molar-refractivity contribution >= 4 is 17.5 Å². The molecule has 0 aliphatic carbocycles. The maximum Gasteiger partial charge on any atom is 0.416 e. The first-order valence-corrected chi connectivity index (χ1v) is 6.61. The van der Waals surface area contributed by atoms with Gasteiger partial charge in [0.1, 0.15) is 6.42 Å². The summed E-state index contributed by atoms with van der Waals surface area (Å²) in [6, 6.07) is 4.33. The highest BCUT2D eigenvalue weighted by Crippen LogP contribution is 2.30. The number of nitrogens with zero attached hydrogens (tertiary/aromatic N) is 1. The van der Waals surface area contributed by atoms with Crippen molar-refractivity contribution in [3.05, 3.63) is 29.8 Å². The Morgan fingerprint density at radius 2 is 1.86 bits per heavy atom. The van der Waals surface area contributed by atoms with Gasteiger partial charge in [0.15, 0.2) is 0 Å². The van der Waals surface area contributed by atoms with E-state index in [1.54, 1.807) is 4.90 Å². The molecule has 2 amide bonds. The summed E-state index contributed by atoms with van der Waals surface area (Å²) in [7, 11) is 0. The number of nitrogens with one attached hydrogen (secondary N) is 1. The second-order valence-corrected chi connectivity index (χ2v) is 4.89. The monoisotopic (exact) mass is 300 g/mol. The highest BCUT2D eigenvalue weighted by atomic mass is 19.4. The van der Waals surface area contributed by atoms with Crippen molar-refractivity contribution in [3.63, 3.8) is 0 Å². The van der Waals surface area contributed by atoms with Gasteiger partial charge in [0, 0.05) is 18.8 Å². The predicted octanol–water partition coefficient (Wildman–Crippen LogP) is 2.66. The molecular weight excluding hydrogens is 285 g/mol. The van der Waals surface area contributed by atoms with E-state index in [0.29, 0.717) is 13.1 Å². The molecule has 1 heterocycles. The predicted molar refractivity (Wildman–Crippen MR) is 70.5 cm³/mol. The smallest absolute Gasteiger partial charge is 0.342 e. The van der Waals surface area contributed by atoms with E-state index in [-0.39, 0.29) is 18.0 Å². The van der Waals surface area contributed by atoms with E-state index in [1.807, 2.05) is 0 Å². The third kappa shape index (κ3) is 4.21. The van der Waals surface area contributed by atoms with Gasteiger partial charge < -0.3 is 10.2 Å². The van der Waals surface area contributed by atoms with Gasteiger partial charge in [0.25, 0.3) is 0 Å². The van der Waals surface area contributed by atoms with Crippen LogP contribution < -0.4 is 5.32 Å². The molecule has 1 aliphatic rings. The average Bonchev–Trinajstić information content (AvgIpc) is 2.91. The fourth-order valence-corrected chi connectivity index (χ4v) is 2.19. The molecule has 114 valence electrons. The zero-order valence-electron chi connectivity index (χ0n) is 11.2. The normalized spacial score (nSPS) is 15.1. The second-order valence-electron chi connectivity index (χ2n) is 4.89. The maximum atomic E-state index is 12.5. The van der Waals surface area contributed by atoms with Crippen molar-refractivity contribution < 1.29 is 22.8 Å². The van der Waals surface area contributed by atoms with Gasteiger partial charge in [-0.2, -0.15) is 13.2 Å². The van der Waals surface area contributed by atoms with Crippen molar-refractivity contribution in [2.45, 2.75) is 25.4 Å². The summed E-state index contributed by atoms with van der Waals surface area (Å²) in [6.07, 6.45) is -2.98. The Hall–Kier alpha value is -2.05. The Morgan fingerprint density at radius 1 is 1.19 bits per heavy atom. The van der Waals surface area contributed by atoms with Crippen molar-refractivity contribution in [2.75, 3.05) is 18.4 Å². The molecule has 0 radical (unpaired) electrons. The van der Waals surface area contributed by atoms with Gasteiger partial charge in [-0.3, -0.25) is 9.59 Å². The number of halogens is 3. The second kappa shape index (κ2) is 6.15. The number of benzene rings is 1. The Kier molecular flexibility index (Phi) is 4.50. The van der Waals surface area contributed by atoms with Gasteiger partial charge in [-0.05, 0) is 31.0 Å². The summed E-state index contributed by atoms with van der Waals surface area (Å²) in [5, 5.41) is 2.32. The molecule has 1 aromatic carbocycles. The van der Waals surface area contributed by atoms with E-state index in [4.69, 9.17) is 0 Å². The number of alkyl halides is 3. The summed E-state index contributed by atoms with van der Waals surface area (Å²) >= 11 is 0. The van der Waals surface area contributed by atoms with E-state index in [0.717, 1.165) is 25.0 Å². The van der Waals surface area contributed by atoms with Gasteiger partial charge in [0.05, 0.1) is 5.56 Å². The Balaban J connectivity index is 1.95. The fraction of sp³-hybridized carbons (Fsp3) is 0.429. The lowest BCUT2D eigenvalue weighted by Gasteiger charge is -2.15. The molecule has 0 bridgehead atoms. The number of likely N-dealkylation sites (tertiary alicyclic amines) is 1. The van der Waals surface area contributed by atoms with Gasteiger partial charge in [-0.15, -0.1) is 0 Å². The van der Waals surface area contributed by atoms with Crippen LogP contribution in [0.3, 0.4) is 0 Å². The maximum absolute atomic E-state index is 12.5. The molecule has 7 heteroatoms. The summed E-state index contributed by atoms with van der Waals surface area (Å²) in [5.74, 6) is -0.900. The van der Waals surface area contributed by atoms with Crippen molar-refractivity contribution in [1.82, 2.24) is 4.90 Å². The number of hydrogen-bond donors (Lipinski definition) is 1. The number of hydrogen-bond acceptors (Lipinski definition) is 2. The molecule has 0 spiro atoms. The van der Waals surface area contributed by atoms with Crippen LogP contribution in [-0.2, 0) is 15.8 Å². The van der Waals surface area contributed by atoms with E-state index in [1.165, 1.54) is 12.1 Å². The van der Waals surface area contributed by atoms with Gasteiger partial charge in [0.2, 0.25) is 11.8 Å². The minimum absolute atomic E-state index is 0.0315. The van der Waals surface area contributed by atoms with Crippen LogP contribution >= 0.6 is 0 Å². The molecule has 1 N–H and O–H groups in total. The zero-order chi connectivity index (χ0) is 15.5. The Labute approximate surface area is 119 Å².